The Morgan fingerprint density at radius 3 is 2.38 bits per heavy atom. The van der Waals surface area contributed by atoms with Crippen molar-refractivity contribution in [1.29, 1.82) is 0 Å². The molecule has 3 aromatic rings. The number of aryl methyl sites for hydroxylation is 1. The van der Waals surface area contributed by atoms with Crippen LogP contribution in [0.15, 0.2) is 64.9 Å². The van der Waals surface area contributed by atoms with Crippen molar-refractivity contribution < 1.29 is 27.1 Å². The number of carbonyl (C=O) groups is 2. The number of amides is 2. The van der Waals surface area contributed by atoms with Gasteiger partial charge in [0.15, 0.2) is 0 Å². The van der Waals surface area contributed by atoms with Gasteiger partial charge in [-0.2, -0.15) is 4.31 Å². The lowest BCUT2D eigenvalue weighted by atomic mass is 10.2. The van der Waals surface area contributed by atoms with Crippen molar-refractivity contribution in [2.45, 2.75) is 50.8 Å². The van der Waals surface area contributed by atoms with E-state index < -0.39 is 10.0 Å². The molecule has 2 heterocycles. The monoisotopic (exact) mass is 573 g/mol. The Bertz CT molecular complexity index is 1390. The van der Waals surface area contributed by atoms with Gasteiger partial charge < -0.3 is 15.0 Å². The van der Waals surface area contributed by atoms with Crippen LogP contribution in [0.3, 0.4) is 0 Å². The third-order valence-corrected chi connectivity index (χ3v) is 9.33. The summed E-state index contributed by atoms with van der Waals surface area (Å²) in [6.45, 7) is 4.06. The van der Waals surface area contributed by atoms with Crippen molar-refractivity contribution in [3.63, 3.8) is 0 Å². The van der Waals surface area contributed by atoms with Gasteiger partial charge >= 0.3 is 0 Å². The number of benzene rings is 2. The molecule has 4 rings (SSSR count). The third-order valence-electron chi connectivity index (χ3n) is 6.50. The number of rotatable bonds is 11. The summed E-state index contributed by atoms with van der Waals surface area (Å²) in [7, 11) is -4.06. The lowest BCUT2D eigenvalue weighted by Gasteiger charge is -2.29. The Balaban J connectivity index is 1.60. The fraction of sp³-hybridized carbons (Fsp3) is 0.357. The number of ether oxygens (including phenoxy) is 1. The zero-order valence-corrected chi connectivity index (χ0v) is 23.6. The van der Waals surface area contributed by atoms with E-state index >= 15 is 0 Å². The predicted octanol–water partition coefficient (Wildman–Crippen LogP) is 4.55. The summed E-state index contributed by atoms with van der Waals surface area (Å²) in [5.41, 5.74) is 2.25. The predicted molar refractivity (Wildman–Crippen MR) is 148 cm³/mol. The number of thiophene rings is 1. The van der Waals surface area contributed by atoms with Crippen LogP contribution in [0.1, 0.15) is 35.8 Å². The van der Waals surface area contributed by atoms with Crippen LogP contribution in [-0.2, 0) is 37.4 Å². The van der Waals surface area contributed by atoms with E-state index in [1.807, 2.05) is 18.4 Å². The third kappa shape index (κ3) is 7.72. The second-order valence-electron chi connectivity index (χ2n) is 9.54. The largest absolute Gasteiger partial charge is 0.377 e. The average Bonchev–Trinajstić information content (AvgIpc) is 3.56. The number of hydrogen-bond acceptors (Lipinski definition) is 6. The second-order valence-corrected chi connectivity index (χ2v) is 12.5. The number of nitrogens with zero attached hydrogens (tertiary/aromatic N) is 2. The zero-order chi connectivity index (χ0) is 28.0. The first kappa shape index (κ1) is 28.9. The number of nitrogens with one attached hydrogen (secondary N) is 1. The molecule has 8 nitrogen and oxygen atoms in total. The average molecular weight is 574 g/mol. The van der Waals surface area contributed by atoms with Crippen LogP contribution in [0.5, 0.6) is 0 Å². The molecule has 0 spiro atoms. The van der Waals surface area contributed by atoms with Gasteiger partial charge in [0.1, 0.15) is 5.82 Å². The van der Waals surface area contributed by atoms with Crippen LogP contribution in [0.25, 0.3) is 0 Å². The summed E-state index contributed by atoms with van der Waals surface area (Å²) in [5.74, 6) is -1.01. The molecule has 1 N–H and O–H groups in total. The van der Waals surface area contributed by atoms with Gasteiger partial charge in [-0.05, 0) is 78.7 Å². The van der Waals surface area contributed by atoms with Crippen molar-refractivity contribution in [2.24, 2.45) is 0 Å². The molecule has 0 saturated carbocycles. The highest BCUT2D eigenvalue weighted by atomic mass is 32.2. The first-order valence-electron chi connectivity index (χ1n) is 12.7. The van der Waals surface area contributed by atoms with Gasteiger partial charge in [-0.15, -0.1) is 11.3 Å². The highest BCUT2D eigenvalue weighted by molar-refractivity contribution is 7.89. The molecular formula is C28H32FN3O5S2. The smallest absolute Gasteiger partial charge is 0.243 e. The van der Waals surface area contributed by atoms with E-state index in [1.54, 1.807) is 17.0 Å². The fourth-order valence-corrected chi connectivity index (χ4v) is 6.70. The van der Waals surface area contributed by atoms with Gasteiger partial charge in [0.2, 0.25) is 21.8 Å². The van der Waals surface area contributed by atoms with E-state index in [-0.39, 0.29) is 48.3 Å². The maximum atomic E-state index is 13.8. The van der Waals surface area contributed by atoms with Gasteiger partial charge in [-0.25, -0.2) is 12.8 Å². The molecule has 11 heteroatoms. The van der Waals surface area contributed by atoms with Crippen LogP contribution in [-0.4, -0.2) is 55.2 Å². The first-order chi connectivity index (χ1) is 18.6. The second kappa shape index (κ2) is 12.8. The number of carbonyl (C=O) groups excluding carboxylic acids is 2. The Labute approximate surface area is 232 Å². The van der Waals surface area contributed by atoms with E-state index in [0.29, 0.717) is 25.3 Å². The quantitative estimate of drug-likeness (QED) is 0.363. The minimum atomic E-state index is -4.06. The standard InChI is InChI=1S/C28H32FN3O5S2/c1-20-13-15-38-27(20)18-31(16-22-5-7-23(29)8-6-22)28(34)19-32(17-25-4-3-14-37-25)39(35,36)26-11-9-24(10-12-26)30-21(2)33/h5-13,15,25H,3-4,14,16-19H2,1-2H3,(H,30,33). The minimum absolute atomic E-state index is 0.0154. The van der Waals surface area contributed by atoms with E-state index in [9.17, 15) is 22.4 Å². The van der Waals surface area contributed by atoms with Crippen molar-refractivity contribution in [3.05, 3.63) is 81.8 Å². The number of anilines is 1. The van der Waals surface area contributed by atoms with Gasteiger partial charge in [-0.1, -0.05) is 12.1 Å². The van der Waals surface area contributed by atoms with Crippen LogP contribution < -0.4 is 5.32 Å². The van der Waals surface area contributed by atoms with Crippen molar-refractivity contribution in [2.75, 3.05) is 25.0 Å². The molecule has 208 valence electrons. The van der Waals surface area contributed by atoms with E-state index in [2.05, 4.69) is 5.32 Å². The maximum Gasteiger partial charge on any atom is 0.243 e. The van der Waals surface area contributed by atoms with Crippen molar-refractivity contribution in [1.82, 2.24) is 9.21 Å². The molecule has 1 unspecified atom stereocenters. The molecule has 1 aromatic heterocycles. The van der Waals surface area contributed by atoms with E-state index in [1.165, 1.54) is 59.0 Å². The topological polar surface area (TPSA) is 96.0 Å². The molecule has 1 saturated heterocycles. The summed E-state index contributed by atoms with van der Waals surface area (Å²) < 4.78 is 47.9. The molecule has 1 aliphatic heterocycles. The highest BCUT2D eigenvalue weighted by Crippen LogP contribution is 2.24. The Kier molecular flexibility index (Phi) is 9.49. The molecule has 1 atom stereocenters. The van der Waals surface area contributed by atoms with E-state index in [0.717, 1.165) is 22.4 Å². The molecule has 0 radical (unpaired) electrons. The summed E-state index contributed by atoms with van der Waals surface area (Å²) in [6.07, 6.45) is 1.22. The Morgan fingerprint density at radius 1 is 1.08 bits per heavy atom. The lowest BCUT2D eigenvalue weighted by Crippen LogP contribution is -2.45. The summed E-state index contributed by atoms with van der Waals surface area (Å²) in [4.78, 5) is 27.7. The number of sulfonamides is 1. The number of hydrogen-bond donors (Lipinski definition) is 1. The molecule has 2 amide bonds. The molecule has 0 aliphatic carbocycles. The van der Waals surface area contributed by atoms with Crippen LogP contribution >= 0.6 is 11.3 Å². The first-order valence-corrected chi connectivity index (χ1v) is 15.0. The van der Waals surface area contributed by atoms with Gasteiger partial charge in [-0.3, -0.25) is 9.59 Å². The number of halogens is 1. The Morgan fingerprint density at radius 2 is 1.79 bits per heavy atom. The molecule has 1 fully saturated rings. The van der Waals surface area contributed by atoms with Gasteiger partial charge in [0.25, 0.3) is 0 Å². The van der Waals surface area contributed by atoms with Gasteiger partial charge in [0, 0.05) is 37.2 Å². The molecule has 1 aliphatic rings. The normalized spacial score (nSPS) is 15.4. The van der Waals surface area contributed by atoms with Crippen LogP contribution in [0.2, 0.25) is 0 Å². The van der Waals surface area contributed by atoms with Crippen molar-refractivity contribution >= 4 is 38.9 Å². The molecule has 2 aromatic carbocycles. The minimum Gasteiger partial charge on any atom is -0.377 e. The SMILES string of the molecule is CC(=O)Nc1ccc(S(=O)(=O)N(CC(=O)N(Cc2ccc(F)cc2)Cc2sccc2C)CC2CCCO2)cc1. The van der Waals surface area contributed by atoms with Crippen molar-refractivity contribution in [3.8, 4) is 0 Å². The maximum absolute atomic E-state index is 13.8. The highest BCUT2D eigenvalue weighted by Gasteiger charge is 2.32. The molecule has 0 bridgehead atoms. The fourth-order valence-electron chi connectivity index (χ4n) is 4.36. The molecule has 39 heavy (non-hydrogen) atoms. The van der Waals surface area contributed by atoms with Gasteiger partial charge in [0.05, 0.1) is 24.1 Å². The Hall–Kier alpha value is -3.12. The molecular weight excluding hydrogens is 541 g/mol. The van der Waals surface area contributed by atoms with E-state index in [4.69, 9.17) is 4.74 Å². The van der Waals surface area contributed by atoms with Crippen LogP contribution in [0.4, 0.5) is 10.1 Å². The van der Waals surface area contributed by atoms with Crippen LogP contribution in [0, 0.1) is 12.7 Å². The summed E-state index contributed by atoms with van der Waals surface area (Å²) >= 11 is 1.53. The summed E-state index contributed by atoms with van der Waals surface area (Å²) in [6, 6.07) is 13.8. The summed E-state index contributed by atoms with van der Waals surface area (Å²) in [5, 5.41) is 4.57. The lowest BCUT2D eigenvalue weighted by molar-refractivity contribution is -0.132. The zero-order valence-electron chi connectivity index (χ0n) is 21.9.